The van der Waals surface area contributed by atoms with Crippen LogP contribution >= 0.6 is 31.9 Å². The molecule has 2 rings (SSSR count). The first kappa shape index (κ1) is 14.5. The molecule has 0 aromatic heterocycles. The standard InChI is InChI=1S/C15H13Br2FO/c1-9-11(4-3-5-13(9)16)15(17)12-8-10(18)6-7-14(12)19-2/h3-8,15H,1-2H3. The van der Waals surface area contributed by atoms with E-state index in [9.17, 15) is 4.39 Å². The van der Waals surface area contributed by atoms with Crippen molar-refractivity contribution in [1.82, 2.24) is 0 Å². The molecule has 4 heteroatoms. The van der Waals surface area contributed by atoms with E-state index < -0.39 is 0 Å². The number of benzene rings is 2. The topological polar surface area (TPSA) is 9.23 Å². The molecule has 0 N–H and O–H groups in total. The van der Waals surface area contributed by atoms with Gasteiger partial charge in [0.25, 0.3) is 0 Å². The first-order valence-electron chi connectivity index (χ1n) is 5.77. The number of halogens is 3. The highest BCUT2D eigenvalue weighted by molar-refractivity contribution is 9.10. The quantitative estimate of drug-likeness (QED) is 0.641. The largest absolute Gasteiger partial charge is 0.496 e. The Morgan fingerprint density at radius 2 is 1.89 bits per heavy atom. The fourth-order valence-electron chi connectivity index (χ4n) is 1.97. The van der Waals surface area contributed by atoms with E-state index in [1.807, 2.05) is 25.1 Å². The molecule has 0 amide bonds. The molecule has 0 radical (unpaired) electrons. The molecular weight excluding hydrogens is 375 g/mol. The Balaban J connectivity index is 2.52. The van der Waals surface area contributed by atoms with E-state index in [4.69, 9.17) is 4.74 Å². The Kier molecular flexibility index (Phi) is 4.63. The smallest absolute Gasteiger partial charge is 0.123 e. The van der Waals surface area contributed by atoms with Gasteiger partial charge in [-0.2, -0.15) is 0 Å². The van der Waals surface area contributed by atoms with Gasteiger partial charge in [0.1, 0.15) is 11.6 Å². The first-order valence-corrected chi connectivity index (χ1v) is 7.48. The van der Waals surface area contributed by atoms with Crippen LogP contribution in [0.2, 0.25) is 0 Å². The van der Waals surface area contributed by atoms with Crippen molar-refractivity contribution in [1.29, 1.82) is 0 Å². The van der Waals surface area contributed by atoms with Crippen molar-refractivity contribution in [2.75, 3.05) is 7.11 Å². The van der Waals surface area contributed by atoms with Crippen LogP contribution < -0.4 is 4.74 Å². The molecule has 19 heavy (non-hydrogen) atoms. The second-order valence-electron chi connectivity index (χ2n) is 4.20. The van der Waals surface area contributed by atoms with Crippen LogP contribution in [0.4, 0.5) is 4.39 Å². The van der Waals surface area contributed by atoms with Gasteiger partial charge < -0.3 is 4.74 Å². The Labute approximate surface area is 129 Å². The van der Waals surface area contributed by atoms with Gasteiger partial charge in [-0.3, -0.25) is 0 Å². The van der Waals surface area contributed by atoms with E-state index in [2.05, 4.69) is 31.9 Å². The third kappa shape index (κ3) is 3.00. The zero-order valence-corrected chi connectivity index (χ0v) is 13.8. The van der Waals surface area contributed by atoms with Crippen molar-refractivity contribution in [2.45, 2.75) is 11.8 Å². The lowest BCUT2D eigenvalue weighted by atomic mass is 10.00. The van der Waals surface area contributed by atoms with Gasteiger partial charge in [-0.05, 0) is 42.3 Å². The van der Waals surface area contributed by atoms with Crippen LogP contribution in [-0.4, -0.2) is 7.11 Å². The lowest BCUT2D eigenvalue weighted by Crippen LogP contribution is -2.00. The molecule has 2 aromatic rings. The van der Waals surface area contributed by atoms with Crippen molar-refractivity contribution in [3.8, 4) is 5.75 Å². The number of methoxy groups -OCH3 is 1. The molecule has 0 fully saturated rings. The molecule has 0 saturated carbocycles. The Morgan fingerprint density at radius 1 is 1.16 bits per heavy atom. The Hall–Kier alpha value is -0.870. The van der Waals surface area contributed by atoms with Crippen molar-refractivity contribution < 1.29 is 9.13 Å². The molecule has 1 nitrogen and oxygen atoms in total. The third-order valence-electron chi connectivity index (χ3n) is 3.05. The molecule has 1 unspecified atom stereocenters. The van der Waals surface area contributed by atoms with Crippen LogP contribution in [0.1, 0.15) is 21.5 Å². The van der Waals surface area contributed by atoms with Crippen molar-refractivity contribution in [3.63, 3.8) is 0 Å². The number of alkyl halides is 1. The molecule has 1 atom stereocenters. The van der Waals surface area contributed by atoms with E-state index >= 15 is 0 Å². The molecule has 0 aliphatic rings. The monoisotopic (exact) mass is 386 g/mol. The minimum atomic E-state index is -0.270. The summed E-state index contributed by atoms with van der Waals surface area (Å²) in [6, 6.07) is 10.5. The Morgan fingerprint density at radius 3 is 2.58 bits per heavy atom. The van der Waals surface area contributed by atoms with Gasteiger partial charge in [-0.1, -0.05) is 44.0 Å². The van der Waals surface area contributed by atoms with Crippen LogP contribution in [0.25, 0.3) is 0 Å². The average molecular weight is 388 g/mol. The fourth-order valence-corrected chi connectivity index (χ4v) is 3.20. The second kappa shape index (κ2) is 6.06. The molecule has 2 aromatic carbocycles. The molecule has 0 saturated heterocycles. The Bertz CT molecular complexity index is 599. The lowest BCUT2D eigenvalue weighted by molar-refractivity contribution is 0.409. The summed E-state index contributed by atoms with van der Waals surface area (Å²) < 4.78 is 19.8. The molecule has 0 aliphatic carbocycles. The van der Waals surface area contributed by atoms with E-state index in [0.717, 1.165) is 21.2 Å². The average Bonchev–Trinajstić information content (AvgIpc) is 2.41. The fraction of sp³-hybridized carbons (Fsp3) is 0.200. The highest BCUT2D eigenvalue weighted by Gasteiger charge is 2.18. The normalized spacial score (nSPS) is 12.3. The van der Waals surface area contributed by atoms with Gasteiger partial charge in [-0.15, -0.1) is 0 Å². The summed E-state index contributed by atoms with van der Waals surface area (Å²) in [7, 11) is 1.59. The summed E-state index contributed by atoms with van der Waals surface area (Å²) in [5.74, 6) is 0.399. The van der Waals surface area contributed by atoms with Crippen LogP contribution in [0, 0.1) is 12.7 Å². The summed E-state index contributed by atoms with van der Waals surface area (Å²) in [6.07, 6.45) is 0. The highest BCUT2D eigenvalue weighted by atomic mass is 79.9. The van der Waals surface area contributed by atoms with E-state index in [1.54, 1.807) is 13.2 Å². The van der Waals surface area contributed by atoms with Crippen molar-refractivity contribution in [3.05, 3.63) is 63.4 Å². The molecular formula is C15H13Br2FO. The molecule has 0 heterocycles. The van der Waals surface area contributed by atoms with Crippen LogP contribution in [0.15, 0.2) is 40.9 Å². The van der Waals surface area contributed by atoms with Crippen LogP contribution in [0.5, 0.6) is 5.75 Å². The predicted octanol–water partition coefficient (Wildman–Crippen LogP) is 5.39. The SMILES string of the molecule is COc1ccc(F)cc1C(Br)c1cccc(Br)c1C. The minimum Gasteiger partial charge on any atom is -0.496 e. The summed E-state index contributed by atoms with van der Waals surface area (Å²) in [4.78, 5) is -0.115. The maximum Gasteiger partial charge on any atom is 0.123 e. The summed E-state index contributed by atoms with van der Waals surface area (Å²) in [5.41, 5.74) is 2.98. The lowest BCUT2D eigenvalue weighted by Gasteiger charge is -2.17. The van der Waals surface area contributed by atoms with Crippen LogP contribution in [0.3, 0.4) is 0 Å². The van der Waals surface area contributed by atoms with Crippen LogP contribution in [-0.2, 0) is 0 Å². The molecule has 0 aliphatic heterocycles. The van der Waals surface area contributed by atoms with Gasteiger partial charge in [0.05, 0.1) is 11.9 Å². The maximum atomic E-state index is 13.5. The number of hydrogen-bond donors (Lipinski definition) is 0. The maximum absolute atomic E-state index is 13.5. The number of ether oxygens (including phenoxy) is 1. The van der Waals surface area contributed by atoms with Gasteiger partial charge in [0, 0.05) is 10.0 Å². The minimum absolute atomic E-state index is 0.115. The zero-order valence-electron chi connectivity index (χ0n) is 10.6. The summed E-state index contributed by atoms with van der Waals surface area (Å²) in [6.45, 7) is 2.03. The van der Waals surface area contributed by atoms with Gasteiger partial charge in [0.15, 0.2) is 0 Å². The number of rotatable bonds is 3. The second-order valence-corrected chi connectivity index (χ2v) is 5.97. The van der Waals surface area contributed by atoms with Gasteiger partial charge in [0.2, 0.25) is 0 Å². The third-order valence-corrected chi connectivity index (χ3v) is 4.89. The van der Waals surface area contributed by atoms with E-state index in [1.165, 1.54) is 12.1 Å². The summed E-state index contributed by atoms with van der Waals surface area (Å²) >= 11 is 7.15. The van der Waals surface area contributed by atoms with E-state index in [-0.39, 0.29) is 10.6 Å². The summed E-state index contributed by atoms with van der Waals surface area (Å²) in [5, 5.41) is 0. The number of hydrogen-bond acceptors (Lipinski definition) is 1. The molecule has 100 valence electrons. The molecule has 0 spiro atoms. The van der Waals surface area contributed by atoms with E-state index in [0.29, 0.717) is 5.75 Å². The zero-order chi connectivity index (χ0) is 14.0. The first-order chi connectivity index (χ1) is 9.04. The van der Waals surface area contributed by atoms with Crippen molar-refractivity contribution in [2.24, 2.45) is 0 Å². The molecule has 0 bridgehead atoms. The van der Waals surface area contributed by atoms with Gasteiger partial charge >= 0.3 is 0 Å². The van der Waals surface area contributed by atoms with Crippen molar-refractivity contribution >= 4 is 31.9 Å². The van der Waals surface area contributed by atoms with Gasteiger partial charge in [-0.25, -0.2) is 4.39 Å². The predicted molar refractivity (Wildman–Crippen MR) is 82.6 cm³/mol. The highest BCUT2D eigenvalue weighted by Crippen LogP contribution is 2.39.